The maximum absolute atomic E-state index is 11.7. The zero-order valence-electron chi connectivity index (χ0n) is 10.9. The van der Waals surface area contributed by atoms with E-state index in [2.05, 4.69) is 4.98 Å². The predicted molar refractivity (Wildman–Crippen MR) is 66.4 cm³/mol. The number of aromatic nitrogens is 1. The van der Waals surface area contributed by atoms with Gasteiger partial charge in [0.25, 0.3) is 0 Å². The Morgan fingerprint density at radius 1 is 1.50 bits per heavy atom. The van der Waals surface area contributed by atoms with Crippen LogP contribution in [0, 0.1) is 0 Å². The van der Waals surface area contributed by atoms with Crippen molar-refractivity contribution < 1.29 is 14.6 Å². The smallest absolute Gasteiger partial charge is 0.410 e. The largest absolute Gasteiger partial charge is 0.493 e. The Labute approximate surface area is 106 Å². The first kappa shape index (κ1) is 12.7. The second-order valence-corrected chi connectivity index (χ2v) is 5.53. The average Bonchev–Trinajstić information content (AvgIpc) is 2.11. The fraction of sp³-hybridized carbons (Fsp3) is 0.538. The van der Waals surface area contributed by atoms with E-state index in [9.17, 15) is 9.90 Å². The molecule has 1 saturated heterocycles. The lowest BCUT2D eigenvalue weighted by molar-refractivity contribution is 0.00819. The van der Waals surface area contributed by atoms with Crippen LogP contribution in [0.1, 0.15) is 32.3 Å². The third kappa shape index (κ3) is 2.91. The Kier molecular flexibility index (Phi) is 3.15. The van der Waals surface area contributed by atoms with Gasteiger partial charge in [-0.05, 0) is 32.4 Å². The average molecular weight is 250 g/mol. The lowest BCUT2D eigenvalue weighted by Gasteiger charge is -2.39. The minimum Gasteiger partial charge on any atom is -0.493 e. The van der Waals surface area contributed by atoms with Crippen LogP contribution in [0.4, 0.5) is 4.79 Å². The van der Waals surface area contributed by atoms with Gasteiger partial charge in [-0.2, -0.15) is 0 Å². The number of pyridine rings is 1. The standard InChI is InChI=1S/C13H18N2O3/c1-13(2,3)18-12(17)15-7-10(8-15)9-4-5-14-11(16)6-9/h4-6,10H,7-8H2,1-3H3,(H,14,16). The molecule has 1 fully saturated rings. The van der Waals surface area contributed by atoms with Gasteiger partial charge in [0, 0.05) is 31.3 Å². The Bertz CT molecular complexity index is 448. The second-order valence-electron chi connectivity index (χ2n) is 5.53. The van der Waals surface area contributed by atoms with Crippen molar-refractivity contribution in [1.82, 2.24) is 9.88 Å². The summed E-state index contributed by atoms with van der Waals surface area (Å²) in [6.07, 6.45) is 1.29. The van der Waals surface area contributed by atoms with E-state index in [0.717, 1.165) is 5.56 Å². The molecule has 0 spiro atoms. The summed E-state index contributed by atoms with van der Waals surface area (Å²) in [7, 11) is 0. The molecule has 0 saturated carbocycles. The summed E-state index contributed by atoms with van der Waals surface area (Å²) >= 11 is 0. The van der Waals surface area contributed by atoms with Crippen molar-refractivity contribution in [2.75, 3.05) is 13.1 Å². The number of carbonyl (C=O) groups excluding carboxylic acids is 1. The molecule has 5 heteroatoms. The molecule has 2 rings (SSSR count). The molecule has 2 heterocycles. The Balaban J connectivity index is 1.89. The van der Waals surface area contributed by atoms with E-state index in [1.165, 1.54) is 0 Å². The van der Waals surface area contributed by atoms with Crippen LogP contribution in [-0.4, -0.2) is 39.8 Å². The van der Waals surface area contributed by atoms with E-state index in [1.54, 1.807) is 17.2 Å². The van der Waals surface area contributed by atoms with Crippen LogP contribution < -0.4 is 0 Å². The highest BCUT2D eigenvalue weighted by atomic mass is 16.6. The van der Waals surface area contributed by atoms with E-state index in [0.29, 0.717) is 13.1 Å². The zero-order valence-corrected chi connectivity index (χ0v) is 10.9. The van der Waals surface area contributed by atoms with Gasteiger partial charge in [-0.3, -0.25) is 0 Å². The van der Waals surface area contributed by atoms with Crippen molar-refractivity contribution in [3.63, 3.8) is 0 Å². The first-order valence-corrected chi connectivity index (χ1v) is 5.98. The molecular weight excluding hydrogens is 232 g/mol. The van der Waals surface area contributed by atoms with Crippen molar-refractivity contribution in [2.24, 2.45) is 0 Å². The van der Waals surface area contributed by atoms with Crippen LogP contribution in [0.25, 0.3) is 0 Å². The number of hydrogen-bond acceptors (Lipinski definition) is 4. The Morgan fingerprint density at radius 2 is 2.17 bits per heavy atom. The zero-order chi connectivity index (χ0) is 13.3. The fourth-order valence-electron chi connectivity index (χ4n) is 1.85. The Hall–Kier alpha value is -1.78. The van der Waals surface area contributed by atoms with Gasteiger partial charge in [0.2, 0.25) is 5.88 Å². The highest BCUT2D eigenvalue weighted by Crippen LogP contribution is 2.29. The van der Waals surface area contributed by atoms with Gasteiger partial charge in [0.05, 0.1) is 0 Å². The van der Waals surface area contributed by atoms with Crippen molar-refractivity contribution in [2.45, 2.75) is 32.3 Å². The topological polar surface area (TPSA) is 62.7 Å². The lowest BCUT2D eigenvalue weighted by atomic mass is 9.93. The summed E-state index contributed by atoms with van der Waals surface area (Å²) in [5.74, 6) is 0.273. The van der Waals surface area contributed by atoms with Crippen LogP contribution in [0.2, 0.25) is 0 Å². The summed E-state index contributed by atoms with van der Waals surface area (Å²) in [4.78, 5) is 17.1. The number of aromatic hydroxyl groups is 1. The number of carbonyl (C=O) groups is 1. The number of rotatable bonds is 1. The van der Waals surface area contributed by atoms with Crippen LogP contribution in [-0.2, 0) is 4.74 Å². The SMILES string of the molecule is CC(C)(C)OC(=O)N1CC(c2ccnc(O)c2)C1. The van der Waals surface area contributed by atoms with Crippen molar-refractivity contribution in [3.05, 3.63) is 23.9 Å². The molecule has 1 aliphatic rings. The highest BCUT2D eigenvalue weighted by molar-refractivity contribution is 5.69. The monoisotopic (exact) mass is 250 g/mol. The molecule has 1 amide bonds. The molecule has 0 aromatic carbocycles. The van der Waals surface area contributed by atoms with Gasteiger partial charge in [0.15, 0.2) is 0 Å². The number of amides is 1. The van der Waals surface area contributed by atoms with Gasteiger partial charge in [0.1, 0.15) is 5.60 Å². The molecule has 5 nitrogen and oxygen atoms in total. The molecule has 0 bridgehead atoms. The maximum Gasteiger partial charge on any atom is 0.410 e. The third-order valence-corrected chi connectivity index (χ3v) is 2.77. The maximum atomic E-state index is 11.7. The molecule has 98 valence electrons. The van der Waals surface area contributed by atoms with E-state index < -0.39 is 5.60 Å². The molecule has 0 radical (unpaired) electrons. The normalized spacial score (nSPS) is 16.3. The van der Waals surface area contributed by atoms with Gasteiger partial charge < -0.3 is 14.7 Å². The predicted octanol–water partition coefficient (Wildman–Crippen LogP) is 2.12. The second kappa shape index (κ2) is 4.48. The first-order valence-electron chi connectivity index (χ1n) is 5.98. The number of hydrogen-bond donors (Lipinski definition) is 1. The Morgan fingerprint density at radius 3 is 2.72 bits per heavy atom. The first-order chi connectivity index (χ1) is 8.35. The molecule has 1 N–H and O–H groups in total. The summed E-state index contributed by atoms with van der Waals surface area (Å²) < 4.78 is 5.27. The summed E-state index contributed by atoms with van der Waals surface area (Å²) in [5.41, 5.74) is 0.541. The van der Waals surface area contributed by atoms with Crippen LogP contribution >= 0.6 is 0 Å². The van der Waals surface area contributed by atoms with Gasteiger partial charge in [-0.15, -0.1) is 0 Å². The van der Waals surface area contributed by atoms with Crippen LogP contribution in [0.5, 0.6) is 5.88 Å². The van der Waals surface area contributed by atoms with Gasteiger partial charge in [-0.25, -0.2) is 9.78 Å². The minimum absolute atomic E-state index is 0.0169. The quantitative estimate of drug-likeness (QED) is 0.829. The third-order valence-electron chi connectivity index (χ3n) is 2.77. The molecule has 1 aromatic heterocycles. The van der Waals surface area contributed by atoms with Crippen molar-refractivity contribution >= 4 is 6.09 Å². The van der Waals surface area contributed by atoms with Gasteiger partial charge >= 0.3 is 6.09 Å². The molecule has 0 aliphatic carbocycles. The van der Waals surface area contributed by atoms with Crippen molar-refractivity contribution in [1.29, 1.82) is 0 Å². The molecule has 0 unspecified atom stereocenters. The van der Waals surface area contributed by atoms with Crippen LogP contribution in [0.15, 0.2) is 18.3 Å². The summed E-state index contributed by atoms with van der Waals surface area (Å²) in [5, 5.41) is 9.29. The molecule has 18 heavy (non-hydrogen) atoms. The van der Waals surface area contributed by atoms with E-state index in [-0.39, 0.29) is 17.9 Å². The minimum atomic E-state index is -0.461. The molecular formula is C13H18N2O3. The van der Waals surface area contributed by atoms with E-state index in [1.807, 2.05) is 26.8 Å². The van der Waals surface area contributed by atoms with E-state index >= 15 is 0 Å². The number of likely N-dealkylation sites (tertiary alicyclic amines) is 1. The summed E-state index contributed by atoms with van der Waals surface area (Å²) in [6, 6.07) is 3.49. The lowest BCUT2D eigenvalue weighted by Crippen LogP contribution is -2.50. The van der Waals surface area contributed by atoms with Gasteiger partial charge in [-0.1, -0.05) is 0 Å². The van der Waals surface area contributed by atoms with E-state index in [4.69, 9.17) is 4.74 Å². The highest BCUT2D eigenvalue weighted by Gasteiger charge is 2.34. The number of ether oxygens (including phenoxy) is 1. The fourth-order valence-corrected chi connectivity index (χ4v) is 1.85. The van der Waals surface area contributed by atoms with Crippen molar-refractivity contribution in [3.8, 4) is 5.88 Å². The summed E-state index contributed by atoms with van der Waals surface area (Å²) in [6.45, 7) is 6.80. The van der Waals surface area contributed by atoms with Crippen LogP contribution in [0.3, 0.4) is 0 Å². The number of nitrogens with zero attached hydrogens (tertiary/aromatic N) is 2. The molecule has 0 atom stereocenters. The molecule has 1 aliphatic heterocycles. The molecule has 1 aromatic rings.